The van der Waals surface area contributed by atoms with Crippen LogP contribution in [0.1, 0.15) is 5.56 Å². The van der Waals surface area contributed by atoms with E-state index in [1.807, 2.05) is 18.2 Å². The molecule has 0 atom stereocenters. The van der Waals surface area contributed by atoms with Crippen molar-refractivity contribution in [2.45, 2.75) is 0 Å². The number of amides is 2. The van der Waals surface area contributed by atoms with E-state index in [0.29, 0.717) is 22.0 Å². The maximum absolute atomic E-state index is 12.0. The quantitative estimate of drug-likeness (QED) is 0.745. The van der Waals surface area contributed by atoms with Gasteiger partial charge in [0.1, 0.15) is 0 Å². The van der Waals surface area contributed by atoms with Gasteiger partial charge in [0.2, 0.25) is 0 Å². The van der Waals surface area contributed by atoms with Gasteiger partial charge in [-0.3, -0.25) is 0 Å². The van der Waals surface area contributed by atoms with Crippen LogP contribution < -0.4 is 16.4 Å². The molecule has 0 bridgehead atoms. The largest absolute Gasteiger partial charge is 0.323 e. The first-order chi connectivity index (χ1) is 10.2. The van der Waals surface area contributed by atoms with E-state index in [1.165, 1.54) is 0 Å². The predicted molar refractivity (Wildman–Crippen MR) is 86.5 cm³/mol. The lowest BCUT2D eigenvalue weighted by atomic mass is 10.2. The number of para-hydroxylation sites is 1. The molecule has 0 radical (unpaired) electrons. The van der Waals surface area contributed by atoms with Crippen molar-refractivity contribution in [3.05, 3.63) is 59.1 Å². The Labute approximate surface area is 128 Å². The Balaban J connectivity index is 2.09. The van der Waals surface area contributed by atoms with Crippen LogP contribution in [0.4, 0.5) is 16.2 Å². The fraction of sp³-hybridized carbons (Fsp3) is 0.0625. The van der Waals surface area contributed by atoms with Gasteiger partial charge < -0.3 is 16.4 Å². The van der Waals surface area contributed by atoms with Crippen molar-refractivity contribution >= 4 is 29.0 Å². The van der Waals surface area contributed by atoms with Gasteiger partial charge in [0.15, 0.2) is 0 Å². The minimum atomic E-state index is -0.362. The van der Waals surface area contributed by atoms with Gasteiger partial charge in [-0.05, 0) is 30.3 Å². The van der Waals surface area contributed by atoms with Crippen LogP contribution in [0.25, 0.3) is 0 Å². The first-order valence-electron chi connectivity index (χ1n) is 6.30. The van der Waals surface area contributed by atoms with Gasteiger partial charge in [-0.1, -0.05) is 41.6 Å². The molecule has 106 valence electrons. The second-order valence-corrected chi connectivity index (χ2v) is 4.58. The summed E-state index contributed by atoms with van der Waals surface area (Å²) in [5.74, 6) is 5.68. The fourth-order valence-electron chi connectivity index (χ4n) is 1.70. The third-order valence-electron chi connectivity index (χ3n) is 2.58. The summed E-state index contributed by atoms with van der Waals surface area (Å²) in [6.45, 7) is 0.267. The summed E-state index contributed by atoms with van der Waals surface area (Å²) in [5.41, 5.74) is 7.31. The Morgan fingerprint density at radius 3 is 2.71 bits per heavy atom. The Bertz CT molecular complexity index is 704. The van der Waals surface area contributed by atoms with Crippen molar-refractivity contribution < 1.29 is 4.79 Å². The summed E-state index contributed by atoms with van der Waals surface area (Å²) < 4.78 is 0. The Morgan fingerprint density at radius 1 is 1.14 bits per heavy atom. The molecule has 4 nitrogen and oxygen atoms in total. The number of anilines is 2. The van der Waals surface area contributed by atoms with Gasteiger partial charge in [-0.15, -0.1) is 0 Å². The third kappa shape index (κ3) is 4.53. The molecule has 21 heavy (non-hydrogen) atoms. The number of rotatable bonds is 2. The molecule has 2 aromatic carbocycles. The number of hydrogen-bond acceptors (Lipinski definition) is 2. The maximum atomic E-state index is 12.0. The monoisotopic (exact) mass is 299 g/mol. The maximum Gasteiger partial charge on any atom is 0.323 e. The van der Waals surface area contributed by atoms with Gasteiger partial charge in [0, 0.05) is 16.3 Å². The highest BCUT2D eigenvalue weighted by atomic mass is 35.5. The highest BCUT2D eigenvalue weighted by Crippen LogP contribution is 2.17. The number of carbonyl (C=O) groups excluding carboxylic acids is 1. The molecule has 2 amide bonds. The van der Waals surface area contributed by atoms with Gasteiger partial charge >= 0.3 is 6.03 Å². The van der Waals surface area contributed by atoms with Crippen LogP contribution in [0.2, 0.25) is 5.02 Å². The Kier molecular flexibility index (Phi) is 5.22. The van der Waals surface area contributed by atoms with Crippen LogP contribution in [0.3, 0.4) is 0 Å². The van der Waals surface area contributed by atoms with Crippen molar-refractivity contribution in [2.24, 2.45) is 5.73 Å². The second kappa shape index (κ2) is 7.34. The van der Waals surface area contributed by atoms with Crippen LogP contribution in [0, 0.1) is 11.8 Å². The van der Waals surface area contributed by atoms with E-state index in [2.05, 4.69) is 22.5 Å². The van der Waals surface area contributed by atoms with Crippen molar-refractivity contribution in [3.63, 3.8) is 0 Å². The molecule has 0 aliphatic rings. The molecule has 0 saturated carbocycles. The predicted octanol–water partition coefficient (Wildman–Crippen LogP) is 3.29. The van der Waals surface area contributed by atoms with E-state index in [0.717, 1.165) is 0 Å². The molecule has 2 rings (SSSR count). The van der Waals surface area contributed by atoms with Gasteiger partial charge in [0.25, 0.3) is 0 Å². The van der Waals surface area contributed by atoms with E-state index in [1.54, 1.807) is 30.3 Å². The molecule has 5 heteroatoms. The van der Waals surface area contributed by atoms with E-state index in [9.17, 15) is 4.79 Å². The summed E-state index contributed by atoms with van der Waals surface area (Å²) in [6.07, 6.45) is 0. The molecular formula is C16H14ClN3O. The minimum absolute atomic E-state index is 0.267. The van der Waals surface area contributed by atoms with Crippen molar-refractivity contribution in [2.75, 3.05) is 17.2 Å². The molecule has 0 fully saturated rings. The molecule has 0 saturated heterocycles. The van der Waals surface area contributed by atoms with Crippen molar-refractivity contribution in [1.82, 2.24) is 0 Å². The molecule has 0 heterocycles. The summed E-state index contributed by atoms with van der Waals surface area (Å²) in [5, 5.41) is 6.02. The zero-order valence-corrected chi connectivity index (χ0v) is 11.9. The van der Waals surface area contributed by atoms with E-state index < -0.39 is 0 Å². The number of nitrogens with two attached hydrogens (primary N) is 1. The average Bonchev–Trinajstić information content (AvgIpc) is 2.46. The van der Waals surface area contributed by atoms with Crippen molar-refractivity contribution in [3.8, 4) is 11.8 Å². The molecule has 0 aliphatic carbocycles. The number of hydrogen-bond donors (Lipinski definition) is 3. The molecule has 0 spiro atoms. The Hall–Kier alpha value is -2.48. The van der Waals surface area contributed by atoms with Gasteiger partial charge in [0.05, 0.1) is 12.2 Å². The summed E-state index contributed by atoms with van der Waals surface area (Å²) >= 11 is 5.87. The molecule has 4 N–H and O–H groups in total. The zero-order chi connectivity index (χ0) is 15.1. The zero-order valence-electron chi connectivity index (χ0n) is 11.2. The number of nitrogens with one attached hydrogen (secondary N) is 2. The lowest BCUT2D eigenvalue weighted by Gasteiger charge is -2.09. The number of benzene rings is 2. The Morgan fingerprint density at radius 2 is 1.95 bits per heavy atom. The van der Waals surface area contributed by atoms with Crippen LogP contribution in [0.15, 0.2) is 48.5 Å². The molecule has 0 aliphatic heterocycles. The SMILES string of the molecule is NCC#Cc1ccccc1NC(=O)Nc1cccc(Cl)c1. The summed E-state index contributed by atoms with van der Waals surface area (Å²) in [6, 6.07) is 13.8. The number of halogens is 1. The van der Waals surface area contributed by atoms with E-state index in [4.69, 9.17) is 17.3 Å². The number of urea groups is 1. The molecule has 0 aromatic heterocycles. The molecular weight excluding hydrogens is 286 g/mol. The fourth-order valence-corrected chi connectivity index (χ4v) is 1.89. The smallest absolute Gasteiger partial charge is 0.320 e. The second-order valence-electron chi connectivity index (χ2n) is 4.14. The van der Waals surface area contributed by atoms with E-state index in [-0.39, 0.29) is 12.6 Å². The normalized spacial score (nSPS) is 9.43. The minimum Gasteiger partial charge on any atom is -0.320 e. The highest BCUT2D eigenvalue weighted by Gasteiger charge is 2.05. The van der Waals surface area contributed by atoms with Gasteiger partial charge in [-0.25, -0.2) is 4.79 Å². The molecule has 0 unspecified atom stereocenters. The van der Waals surface area contributed by atoms with Crippen LogP contribution >= 0.6 is 11.6 Å². The summed E-state index contributed by atoms with van der Waals surface area (Å²) in [7, 11) is 0. The highest BCUT2D eigenvalue weighted by molar-refractivity contribution is 6.30. The van der Waals surface area contributed by atoms with Crippen LogP contribution in [-0.4, -0.2) is 12.6 Å². The lowest BCUT2D eigenvalue weighted by Crippen LogP contribution is -2.19. The average molecular weight is 300 g/mol. The number of carbonyl (C=O) groups is 1. The van der Waals surface area contributed by atoms with Crippen LogP contribution in [0.5, 0.6) is 0 Å². The van der Waals surface area contributed by atoms with Crippen LogP contribution in [-0.2, 0) is 0 Å². The topological polar surface area (TPSA) is 67.1 Å². The first kappa shape index (κ1) is 14.9. The molecule has 2 aromatic rings. The van der Waals surface area contributed by atoms with E-state index >= 15 is 0 Å². The summed E-state index contributed by atoms with van der Waals surface area (Å²) in [4.78, 5) is 12.0. The van der Waals surface area contributed by atoms with Crippen molar-refractivity contribution in [1.29, 1.82) is 0 Å². The standard InChI is InChI=1S/C16H14ClN3O/c17-13-7-3-8-14(11-13)19-16(21)20-15-9-2-1-5-12(15)6-4-10-18/h1-3,5,7-9,11H,10,18H2,(H2,19,20,21). The van der Waals surface area contributed by atoms with Gasteiger partial charge in [-0.2, -0.15) is 0 Å². The lowest BCUT2D eigenvalue weighted by molar-refractivity contribution is 0.262. The third-order valence-corrected chi connectivity index (χ3v) is 2.82. The first-order valence-corrected chi connectivity index (χ1v) is 6.68.